The molecule has 0 aromatic carbocycles. The van der Waals surface area contributed by atoms with Crippen LogP contribution < -0.4 is 5.73 Å². The molecule has 0 aliphatic carbocycles. The molecule has 0 radical (unpaired) electrons. The average Bonchev–Trinajstić information content (AvgIpc) is 1.82. The first kappa shape index (κ1) is 9.63. The molecule has 0 unspecified atom stereocenters. The van der Waals surface area contributed by atoms with Crippen LogP contribution >= 0.6 is 11.8 Å². The Morgan fingerprint density at radius 2 is 1.90 bits per heavy atom. The predicted molar refractivity (Wildman–Crippen MR) is 49.8 cm³/mol. The van der Waals surface area contributed by atoms with Gasteiger partial charge in [-0.3, -0.25) is 0 Å². The maximum atomic E-state index is 5.55. The van der Waals surface area contributed by atoms with Crippen molar-refractivity contribution in [3.8, 4) is 0 Å². The summed E-state index contributed by atoms with van der Waals surface area (Å²) in [6.45, 7) is 9.77. The van der Waals surface area contributed by atoms with Crippen molar-refractivity contribution in [2.24, 2.45) is 5.73 Å². The summed E-state index contributed by atoms with van der Waals surface area (Å²) in [5.74, 6) is 0.973. The normalized spacial score (nSPS) is 12.7. The fourth-order valence-electron chi connectivity index (χ4n) is 0.345. The van der Waals surface area contributed by atoms with Gasteiger partial charge < -0.3 is 5.73 Å². The molecular formula is C8H15NS. The Morgan fingerprint density at radius 3 is 2.20 bits per heavy atom. The van der Waals surface area contributed by atoms with Gasteiger partial charge in [-0.2, -0.15) is 0 Å². The van der Waals surface area contributed by atoms with Gasteiger partial charge in [0.25, 0.3) is 0 Å². The Labute approximate surface area is 67.4 Å². The van der Waals surface area contributed by atoms with Crippen LogP contribution in [0.4, 0.5) is 0 Å². The largest absolute Gasteiger partial charge is 0.402 e. The van der Waals surface area contributed by atoms with E-state index in [9.17, 15) is 0 Å². The highest BCUT2D eigenvalue weighted by Gasteiger charge is 1.93. The fourth-order valence-corrected chi connectivity index (χ4v) is 1.04. The lowest BCUT2D eigenvalue weighted by Gasteiger charge is -2.01. The summed E-state index contributed by atoms with van der Waals surface area (Å²) < 4.78 is 0. The molecule has 0 spiro atoms. The van der Waals surface area contributed by atoms with Crippen LogP contribution in [0.2, 0.25) is 0 Å². The van der Waals surface area contributed by atoms with Gasteiger partial charge in [-0.1, -0.05) is 12.2 Å². The SMILES string of the molecule is C=C(C)CS/C(C)=C(/C)N. The van der Waals surface area contributed by atoms with Crippen molar-refractivity contribution in [3.63, 3.8) is 0 Å². The van der Waals surface area contributed by atoms with Crippen molar-refractivity contribution in [1.82, 2.24) is 0 Å². The van der Waals surface area contributed by atoms with Crippen molar-refractivity contribution in [2.45, 2.75) is 20.8 Å². The minimum absolute atomic E-state index is 0.909. The third-order valence-corrected chi connectivity index (χ3v) is 2.48. The van der Waals surface area contributed by atoms with Crippen LogP contribution in [0.25, 0.3) is 0 Å². The molecule has 0 fully saturated rings. The van der Waals surface area contributed by atoms with Gasteiger partial charge in [0.15, 0.2) is 0 Å². The van der Waals surface area contributed by atoms with Gasteiger partial charge in [-0.05, 0) is 20.8 Å². The number of hydrogen-bond acceptors (Lipinski definition) is 2. The molecule has 0 aromatic rings. The summed E-state index contributed by atoms with van der Waals surface area (Å²) in [5.41, 5.74) is 7.65. The highest BCUT2D eigenvalue weighted by molar-refractivity contribution is 8.03. The first-order valence-electron chi connectivity index (χ1n) is 3.24. The zero-order valence-electron chi connectivity index (χ0n) is 6.90. The molecule has 0 saturated carbocycles. The van der Waals surface area contributed by atoms with E-state index < -0.39 is 0 Å². The molecular weight excluding hydrogens is 142 g/mol. The second-order valence-corrected chi connectivity index (χ2v) is 3.67. The van der Waals surface area contributed by atoms with Gasteiger partial charge in [0, 0.05) is 16.4 Å². The molecule has 0 rings (SSSR count). The van der Waals surface area contributed by atoms with E-state index in [-0.39, 0.29) is 0 Å². The second-order valence-electron chi connectivity index (χ2n) is 2.48. The standard InChI is InChI=1S/C8H15NS/c1-6(2)5-10-8(4)7(3)9/h1,5,9H2,2-4H3/b8-7-. The molecule has 0 bridgehead atoms. The molecule has 0 saturated heterocycles. The summed E-state index contributed by atoms with van der Waals surface area (Å²) >= 11 is 1.75. The van der Waals surface area contributed by atoms with E-state index in [0.717, 1.165) is 11.4 Å². The van der Waals surface area contributed by atoms with Gasteiger partial charge >= 0.3 is 0 Å². The maximum Gasteiger partial charge on any atom is 0.0182 e. The monoisotopic (exact) mass is 157 g/mol. The van der Waals surface area contributed by atoms with E-state index in [2.05, 4.69) is 6.58 Å². The lowest BCUT2D eigenvalue weighted by molar-refractivity contribution is 1.28. The molecule has 0 aliphatic heterocycles. The lowest BCUT2D eigenvalue weighted by Crippen LogP contribution is -1.93. The van der Waals surface area contributed by atoms with Crippen LogP contribution in [0.3, 0.4) is 0 Å². The number of allylic oxidation sites excluding steroid dienone is 2. The first-order valence-corrected chi connectivity index (χ1v) is 4.22. The summed E-state index contributed by atoms with van der Waals surface area (Å²) in [6, 6.07) is 0. The Hall–Kier alpha value is -0.370. The Morgan fingerprint density at radius 1 is 1.40 bits per heavy atom. The van der Waals surface area contributed by atoms with E-state index >= 15 is 0 Å². The minimum Gasteiger partial charge on any atom is -0.402 e. The molecule has 0 amide bonds. The molecule has 10 heavy (non-hydrogen) atoms. The number of rotatable bonds is 3. The lowest BCUT2D eigenvalue weighted by atomic mass is 10.4. The number of thioether (sulfide) groups is 1. The van der Waals surface area contributed by atoms with Crippen LogP contribution in [0, 0.1) is 0 Å². The maximum absolute atomic E-state index is 5.55. The predicted octanol–water partition coefficient (Wildman–Crippen LogP) is 2.51. The van der Waals surface area contributed by atoms with Crippen molar-refractivity contribution in [2.75, 3.05) is 5.75 Å². The quantitative estimate of drug-likeness (QED) is 0.637. The Balaban J connectivity index is 3.71. The summed E-state index contributed by atoms with van der Waals surface area (Å²) in [6.07, 6.45) is 0. The van der Waals surface area contributed by atoms with Crippen molar-refractivity contribution >= 4 is 11.8 Å². The van der Waals surface area contributed by atoms with Crippen molar-refractivity contribution < 1.29 is 0 Å². The molecule has 0 aliphatic rings. The van der Waals surface area contributed by atoms with Gasteiger partial charge in [0.2, 0.25) is 0 Å². The van der Waals surface area contributed by atoms with Crippen LogP contribution in [0.15, 0.2) is 22.8 Å². The number of nitrogens with two attached hydrogens (primary N) is 1. The molecule has 2 N–H and O–H groups in total. The topological polar surface area (TPSA) is 26.0 Å². The first-order chi connectivity index (χ1) is 4.54. The summed E-state index contributed by atoms with van der Waals surface area (Å²) in [7, 11) is 0. The fraction of sp³-hybridized carbons (Fsp3) is 0.500. The zero-order valence-corrected chi connectivity index (χ0v) is 7.72. The van der Waals surface area contributed by atoms with E-state index in [1.807, 2.05) is 20.8 Å². The van der Waals surface area contributed by atoms with Crippen molar-refractivity contribution in [1.29, 1.82) is 0 Å². The van der Waals surface area contributed by atoms with Crippen LogP contribution in [0.1, 0.15) is 20.8 Å². The smallest absolute Gasteiger partial charge is 0.0182 e. The highest BCUT2D eigenvalue weighted by Crippen LogP contribution is 2.18. The Bertz CT molecular complexity index is 155. The highest BCUT2D eigenvalue weighted by atomic mass is 32.2. The van der Waals surface area contributed by atoms with Crippen LogP contribution in [0.5, 0.6) is 0 Å². The molecule has 0 heterocycles. The minimum atomic E-state index is 0.909. The van der Waals surface area contributed by atoms with E-state index in [1.54, 1.807) is 11.8 Å². The molecule has 2 heteroatoms. The average molecular weight is 157 g/mol. The summed E-state index contributed by atoms with van der Waals surface area (Å²) in [5, 5.41) is 0. The molecule has 58 valence electrons. The Kier molecular flexibility index (Phi) is 4.28. The van der Waals surface area contributed by atoms with Gasteiger partial charge in [0.05, 0.1) is 0 Å². The van der Waals surface area contributed by atoms with Gasteiger partial charge in [-0.25, -0.2) is 0 Å². The van der Waals surface area contributed by atoms with Gasteiger partial charge in [-0.15, -0.1) is 11.8 Å². The number of hydrogen-bond donors (Lipinski definition) is 1. The van der Waals surface area contributed by atoms with E-state index in [4.69, 9.17) is 5.73 Å². The summed E-state index contributed by atoms with van der Waals surface area (Å²) in [4.78, 5) is 1.20. The zero-order chi connectivity index (χ0) is 8.15. The molecule has 0 atom stereocenters. The van der Waals surface area contributed by atoms with E-state index in [0.29, 0.717) is 0 Å². The van der Waals surface area contributed by atoms with Crippen LogP contribution in [-0.2, 0) is 0 Å². The molecule has 0 aromatic heterocycles. The second kappa shape index (κ2) is 4.45. The third kappa shape index (κ3) is 4.50. The third-order valence-electron chi connectivity index (χ3n) is 1.09. The van der Waals surface area contributed by atoms with E-state index in [1.165, 1.54) is 10.5 Å². The van der Waals surface area contributed by atoms with Crippen molar-refractivity contribution in [3.05, 3.63) is 22.8 Å². The molecule has 1 nitrogen and oxygen atoms in total. The van der Waals surface area contributed by atoms with Crippen LogP contribution in [-0.4, -0.2) is 5.75 Å². The van der Waals surface area contributed by atoms with Gasteiger partial charge in [0.1, 0.15) is 0 Å².